The third kappa shape index (κ3) is 4.13. The fourth-order valence-electron chi connectivity index (χ4n) is 1.32. The number of nitrogens with zero attached hydrogens (tertiary/aromatic N) is 1. The number of nitrogens with one attached hydrogen (secondary N) is 2. The van der Waals surface area contributed by atoms with Crippen molar-refractivity contribution in [2.45, 2.75) is 12.5 Å². The van der Waals surface area contributed by atoms with Crippen LogP contribution >= 0.6 is 11.8 Å². The van der Waals surface area contributed by atoms with Gasteiger partial charge in [-0.05, 0) is 19.2 Å². The van der Waals surface area contributed by atoms with Crippen LogP contribution in [0.2, 0.25) is 0 Å². The third-order valence-corrected chi connectivity index (χ3v) is 3.05. The van der Waals surface area contributed by atoms with Gasteiger partial charge in [0.15, 0.2) is 0 Å². The highest BCUT2D eigenvalue weighted by molar-refractivity contribution is 7.98. The largest absolute Gasteiger partial charge is 0.387 e. The third-order valence-electron chi connectivity index (χ3n) is 2.14. The molecule has 0 aliphatic heterocycles. The van der Waals surface area contributed by atoms with Crippen LogP contribution in [-0.4, -0.2) is 40.2 Å². The second-order valence-corrected chi connectivity index (χ2v) is 4.89. The summed E-state index contributed by atoms with van der Waals surface area (Å²) in [6.45, 7) is 1.84. The van der Waals surface area contributed by atoms with Gasteiger partial charge >= 0.3 is 0 Å². The molecule has 0 fully saturated rings. The van der Waals surface area contributed by atoms with Crippen LogP contribution in [0.5, 0.6) is 0 Å². The minimum atomic E-state index is -0.931. The van der Waals surface area contributed by atoms with Crippen molar-refractivity contribution < 1.29 is 9.90 Å². The molecule has 1 aromatic rings. The van der Waals surface area contributed by atoms with Crippen LogP contribution in [-0.2, 0) is 0 Å². The number of nitriles is 1. The molecule has 3 N–H and O–H groups in total. The van der Waals surface area contributed by atoms with E-state index in [2.05, 4.69) is 10.3 Å². The maximum atomic E-state index is 11.7. The molecule has 0 aromatic carbocycles. The Hall–Kier alpha value is -1.45. The lowest BCUT2D eigenvalue weighted by Gasteiger charge is -2.22. The molecule has 0 saturated heterocycles. The van der Waals surface area contributed by atoms with Crippen molar-refractivity contribution in [1.29, 1.82) is 5.26 Å². The highest BCUT2D eigenvalue weighted by Gasteiger charge is 2.21. The van der Waals surface area contributed by atoms with E-state index < -0.39 is 5.60 Å². The molecular weight excluding hydrogens is 238 g/mol. The van der Waals surface area contributed by atoms with Crippen LogP contribution in [0.3, 0.4) is 0 Å². The van der Waals surface area contributed by atoms with Gasteiger partial charge in [-0.2, -0.15) is 17.0 Å². The number of amides is 1. The average molecular weight is 253 g/mol. The number of H-pyrrole nitrogens is 1. The number of aliphatic hydroxyl groups is 1. The van der Waals surface area contributed by atoms with Crippen molar-refractivity contribution in [3.63, 3.8) is 0 Å². The van der Waals surface area contributed by atoms with E-state index in [4.69, 9.17) is 5.26 Å². The normalized spacial score (nSPS) is 13.8. The van der Waals surface area contributed by atoms with E-state index in [1.165, 1.54) is 24.0 Å². The predicted molar refractivity (Wildman–Crippen MR) is 66.8 cm³/mol. The first-order chi connectivity index (χ1) is 7.98. The van der Waals surface area contributed by atoms with Gasteiger partial charge in [0.2, 0.25) is 0 Å². The highest BCUT2D eigenvalue weighted by Crippen LogP contribution is 2.09. The molecule has 1 rings (SSSR count). The molecule has 0 saturated carbocycles. The van der Waals surface area contributed by atoms with E-state index in [1.807, 2.05) is 12.3 Å². The van der Waals surface area contributed by atoms with E-state index in [0.717, 1.165) is 0 Å². The second kappa shape index (κ2) is 5.75. The molecule has 1 atom stereocenters. The van der Waals surface area contributed by atoms with Crippen LogP contribution in [0, 0.1) is 11.3 Å². The van der Waals surface area contributed by atoms with Crippen molar-refractivity contribution >= 4 is 17.7 Å². The number of aromatic amines is 1. The first-order valence-electron chi connectivity index (χ1n) is 5.06. The molecule has 0 aliphatic carbocycles. The molecule has 5 nitrogen and oxygen atoms in total. The first-order valence-corrected chi connectivity index (χ1v) is 6.46. The molecule has 0 bridgehead atoms. The summed E-state index contributed by atoms with van der Waals surface area (Å²) >= 11 is 1.51. The molecule has 1 aromatic heterocycles. The average Bonchev–Trinajstić information content (AvgIpc) is 2.74. The maximum Gasteiger partial charge on any atom is 0.267 e. The lowest BCUT2D eigenvalue weighted by molar-refractivity contribution is 0.0722. The molecule has 17 heavy (non-hydrogen) atoms. The van der Waals surface area contributed by atoms with Crippen molar-refractivity contribution in [2.24, 2.45) is 0 Å². The first kappa shape index (κ1) is 13.6. The SMILES string of the molecule is CSCC(C)(O)CNC(=O)c1cc(C#N)c[nH]1. The Morgan fingerprint density at radius 3 is 3.00 bits per heavy atom. The number of aromatic nitrogens is 1. The Morgan fingerprint density at radius 1 is 1.76 bits per heavy atom. The molecule has 1 amide bonds. The zero-order chi connectivity index (χ0) is 12.9. The topological polar surface area (TPSA) is 88.9 Å². The Morgan fingerprint density at radius 2 is 2.47 bits per heavy atom. The van der Waals surface area contributed by atoms with Crippen molar-refractivity contribution in [2.75, 3.05) is 18.6 Å². The molecular formula is C11H15N3O2S. The summed E-state index contributed by atoms with van der Waals surface area (Å²) in [6, 6.07) is 3.40. The molecule has 0 radical (unpaired) electrons. The van der Waals surface area contributed by atoms with Gasteiger partial charge in [0.25, 0.3) is 5.91 Å². The standard InChI is InChI=1S/C11H15N3O2S/c1-11(16,7-17-2)6-14-10(15)9-3-8(4-12)5-13-9/h3,5,13,16H,6-7H2,1-2H3,(H,14,15). The van der Waals surface area contributed by atoms with Crippen LogP contribution in [0.15, 0.2) is 12.3 Å². The van der Waals surface area contributed by atoms with Crippen molar-refractivity contribution in [1.82, 2.24) is 10.3 Å². The summed E-state index contributed by atoms with van der Waals surface area (Å²) in [5, 5.41) is 21.1. The Labute approximate surface area is 104 Å². The lowest BCUT2D eigenvalue weighted by atomic mass is 10.1. The maximum absolute atomic E-state index is 11.7. The summed E-state index contributed by atoms with van der Waals surface area (Å²) in [7, 11) is 0. The zero-order valence-electron chi connectivity index (χ0n) is 9.78. The summed E-state index contributed by atoms with van der Waals surface area (Å²) in [5.74, 6) is 0.217. The molecule has 0 spiro atoms. The van der Waals surface area contributed by atoms with E-state index in [-0.39, 0.29) is 12.5 Å². The van der Waals surface area contributed by atoms with E-state index in [0.29, 0.717) is 17.0 Å². The highest BCUT2D eigenvalue weighted by atomic mass is 32.2. The second-order valence-electron chi connectivity index (χ2n) is 4.03. The van der Waals surface area contributed by atoms with Gasteiger partial charge in [-0.15, -0.1) is 0 Å². The van der Waals surface area contributed by atoms with Gasteiger partial charge in [-0.1, -0.05) is 0 Å². The van der Waals surface area contributed by atoms with Crippen LogP contribution < -0.4 is 5.32 Å². The lowest BCUT2D eigenvalue weighted by Crippen LogP contribution is -2.42. The number of carbonyl (C=O) groups excluding carboxylic acids is 1. The Kier molecular flexibility index (Phi) is 4.61. The van der Waals surface area contributed by atoms with E-state index in [1.54, 1.807) is 6.92 Å². The van der Waals surface area contributed by atoms with Gasteiger partial charge in [-0.25, -0.2) is 0 Å². The molecule has 6 heteroatoms. The smallest absolute Gasteiger partial charge is 0.267 e. The van der Waals surface area contributed by atoms with E-state index in [9.17, 15) is 9.90 Å². The summed E-state index contributed by atoms with van der Waals surface area (Å²) < 4.78 is 0. The number of carbonyl (C=O) groups is 1. The van der Waals surface area contributed by atoms with Gasteiger partial charge in [0.1, 0.15) is 11.8 Å². The summed E-state index contributed by atoms with van der Waals surface area (Å²) in [5.41, 5.74) is -0.202. The minimum absolute atomic E-state index is 0.174. The predicted octanol–water partition coefficient (Wildman–Crippen LogP) is 0.730. The molecule has 1 heterocycles. The van der Waals surface area contributed by atoms with Crippen LogP contribution in [0.1, 0.15) is 23.0 Å². The zero-order valence-corrected chi connectivity index (χ0v) is 10.6. The summed E-state index contributed by atoms with van der Waals surface area (Å²) in [4.78, 5) is 14.4. The Bertz CT molecular complexity index is 434. The number of hydrogen-bond acceptors (Lipinski definition) is 4. The fraction of sp³-hybridized carbons (Fsp3) is 0.455. The summed E-state index contributed by atoms with van der Waals surface area (Å²) in [6.07, 6.45) is 3.36. The quantitative estimate of drug-likeness (QED) is 0.721. The molecule has 0 aliphatic rings. The Balaban J connectivity index is 2.53. The fourth-order valence-corrected chi connectivity index (χ4v) is 2.04. The number of hydrogen-bond donors (Lipinski definition) is 3. The molecule has 1 unspecified atom stereocenters. The van der Waals surface area contributed by atoms with Crippen molar-refractivity contribution in [3.8, 4) is 6.07 Å². The minimum Gasteiger partial charge on any atom is -0.387 e. The van der Waals surface area contributed by atoms with Gasteiger partial charge in [0, 0.05) is 18.5 Å². The number of rotatable bonds is 5. The van der Waals surface area contributed by atoms with E-state index >= 15 is 0 Å². The molecule has 92 valence electrons. The van der Waals surface area contributed by atoms with Crippen LogP contribution in [0.4, 0.5) is 0 Å². The van der Waals surface area contributed by atoms with Gasteiger partial charge in [-0.3, -0.25) is 4.79 Å². The van der Waals surface area contributed by atoms with Gasteiger partial charge < -0.3 is 15.4 Å². The number of thioether (sulfide) groups is 1. The van der Waals surface area contributed by atoms with Gasteiger partial charge in [0.05, 0.1) is 11.2 Å². The van der Waals surface area contributed by atoms with Crippen LogP contribution in [0.25, 0.3) is 0 Å². The monoisotopic (exact) mass is 253 g/mol. The van der Waals surface area contributed by atoms with Crippen molar-refractivity contribution in [3.05, 3.63) is 23.5 Å².